The average molecular weight is 177 g/mol. The molecule has 0 unspecified atom stereocenters. The van der Waals surface area contributed by atoms with Gasteiger partial charge in [0.1, 0.15) is 0 Å². The van der Waals surface area contributed by atoms with Gasteiger partial charge in [0.05, 0.1) is 12.1 Å². The van der Waals surface area contributed by atoms with E-state index in [2.05, 4.69) is 6.58 Å². The van der Waals surface area contributed by atoms with Crippen LogP contribution in [0.1, 0.15) is 17.2 Å². The maximum Gasteiger partial charge on any atom is 0.0911 e. The summed E-state index contributed by atoms with van der Waals surface area (Å²) >= 11 is 0. The first-order valence-electron chi connectivity index (χ1n) is 4.28. The minimum Gasteiger partial charge on any atom is -0.387 e. The Bertz CT molecular complexity index is 296. The zero-order chi connectivity index (χ0) is 9.84. The Hall–Kier alpha value is -1.12. The zero-order valence-corrected chi connectivity index (χ0v) is 7.77. The number of hydrogen-bond acceptors (Lipinski definition) is 2. The first-order valence-corrected chi connectivity index (χ1v) is 4.28. The highest BCUT2D eigenvalue weighted by Gasteiger charge is 2.14. The van der Waals surface area contributed by atoms with Crippen molar-refractivity contribution in [2.24, 2.45) is 5.73 Å². The van der Waals surface area contributed by atoms with Crippen molar-refractivity contribution in [2.75, 3.05) is 0 Å². The summed E-state index contributed by atoms with van der Waals surface area (Å²) < 4.78 is 0. The molecule has 0 fully saturated rings. The van der Waals surface area contributed by atoms with Crippen LogP contribution in [0.5, 0.6) is 0 Å². The van der Waals surface area contributed by atoms with Crippen molar-refractivity contribution in [2.45, 2.75) is 19.1 Å². The fraction of sp³-hybridized carbons (Fsp3) is 0.273. The van der Waals surface area contributed by atoms with Gasteiger partial charge in [-0.1, -0.05) is 30.3 Å². The van der Waals surface area contributed by atoms with Gasteiger partial charge in [-0.05, 0) is 18.1 Å². The van der Waals surface area contributed by atoms with Gasteiger partial charge in [-0.3, -0.25) is 0 Å². The van der Waals surface area contributed by atoms with E-state index in [-0.39, 0.29) is 6.04 Å². The molecule has 0 amide bonds. The molecule has 0 aliphatic heterocycles. The molecular weight excluding hydrogens is 162 g/mol. The molecule has 2 nitrogen and oxygen atoms in total. The lowest BCUT2D eigenvalue weighted by atomic mass is 9.98. The summed E-state index contributed by atoms with van der Waals surface area (Å²) in [5.41, 5.74) is 7.89. The molecule has 13 heavy (non-hydrogen) atoms. The normalized spacial score (nSPS) is 15.0. The lowest BCUT2D eigenvalue weighted by molar-refractivity contribution is 0.192. The van der Waals surface area contributed by atoms with E-state index < -0.39 is 6.10 Å². The third-order valence-electron chi connectivity index (χ3n) is 2.16. The molecule has 70 valence electrons. The van der Waals surface area contributed by atoms with E-state index in [9.17, 15) is 5.11 Å². The van der Waals surface area contributed by atoms with E-state index in [0.29, 0.717) is 0 Å². The lowest BCUT2D eigenvalue weighted by Crippen LogP contribution is -2.24. The molecule has 2 heteroatoms. The van der Waals surface area contributed by atoms with E-state index in [0.717, 1.165) is 11.1 Å². The van der Waals surface area contributed by atoms with Gasteiger partial charge in [0.25, 0.3) is 0 Å². The maximum absolute atomic E-state index is 9.46. The minimum atomic E-state index is -0.680. The van der Waals surface area contributed by atoms with Crippen molar-refractivity contribution >= 4 is 0 Å². The number of aliphatic hydroxyl groups is 1. The molecule has 1 aromatic rings. The van der Waals surface area contributed by atoms with Gasteiger partial charge in [0.2, 0.25) is 0 Å². The Morgan fingerprint density at radius 1 is 1.46 bits per heavy atom. The van der Waals surface area contributed by atoms with Crippen molar-refractivity contribution in [3.05, 3.63) is 48.0 Å². The Kier molecular flexibility index (Phi) is 3.23. The van der Waals surface area contributed by atoms with Crippen molar-refractivity contribution in [3.63, 3.8) is 0 Å². The number of aliphatic hydroxyl groups excluding tert-OH is 1. The van der Waals surface area contributed by atoms with Crippen LogP contribution in [0.2, 0.25) is 0 Å². The van der Waals surface area contributed by atoms with Crippen molar-refractivity contribution in [1.29, 1.82) is 0 Å². The number of benzene rings is 1. The first-order chi connectivity index (χ1) is 6.16. The lowest BCUT2D eigenvalue weighted by Gasteiger charge is -2.17. The topological polar surface area (TPSA) is 46.2 Å². The summed E-state index contributed by atoms with van der Waals surface area (Å²) in [6, 6.07) is 7.39. The predicted molar refractivity (Wildman–Crippen MR) is 54.3 cm³/mol. The SMILES string of the molecule is C=C[C@@H](O)[C@@H](N)c1ccccc1C. The Morgan fingerprint density at radius 2 is 2.08 bits per heavy atom. The van der Waals surface area contributed by atoms with E-state index in [1.54, 1.807) is 0 Å². The second kappa shape index (κ2) is 4.21. The minimum absolute atomic E-state index is 0.376. The highest BCUT2D eigenvalue weighted by Crippen LogP contribution is 2.18. The van der Waals surface area contributed by atoms with Gasteiger partial charge < -0.3 is 10.8 Å². The van der Waals surface area contributed by atoms with Crippen LogP contribution in [0.3, 0.4) is 0 Å². The number of nitrogens with two attached hydrogens (primary N) is 1. The molecule has 0 radical (unpaired) electrons. The highest BCUT2D eigenvalue weighted by atomic mass is 16.3. The van der Waals surface area contributed by atoms with Crippen molar-refractivity contribution < 1.29 is 5.11 Å². The molecular formula is C11H15NO. The average Bonchev–Trinajstić information content (AvgIpc) is 2.16. The Balaban J connectivity index is 2.94. The van der Waals surface area contributed by atoms with E-state index in [1.807, 2.05) is 31.2 Å². The molecule has 0 saturated carbocycles. The van der Waals surface area contributed by atoms with Gasteiger partial charge in [-0.25, -0.2) is 0 Å². The third kappa shape index (κ3) is 2.17. The number of aryl methyl sites for hydroxylation is 1. The second-order valence-corrected chi connectivity index (χ2v) is 3.11. The second-order valence-electron chi connectivity index (χ2n) is 3.11. The van der Waals surface area contributed by atoms with Gasteiger partial charge in [0.15, 0.2) is 0 Å². The van der Waals surface area contributed by atoms with Crippen LogP contribution in [0, 0.1) is 6.92 Å². The van der Waals surface area contributed by atoms with Gasteiger partial charge >= 0.3 is 0 Å². The highest BCUT2D eigenvalue weighted by molar-refractivity contribution is 5.29. The van der Waals surface area contributed by atoms with Gasteiger partial charge in [0, 0.05) is 0 Å². The summed E-state index contributed by atoms with van der Waals surface area (Å²) in [4.78, 5) is 0. The van der Waals surface area contributed by atoms with Gasteiger partial charge in [-0.2, -0.15) is 0 Å². The third-order valence-corrected chi connectivity index (χ3v) is 2.16. The first kappa shape index (κ1) is 9.96. The Morgan fingerprint density at radius 3 is 2.62 bits per heavy atom. The smallest absolute Gasteiger partial charge is 0.0911 e. The molecule has 0 saturated heterocycles. The molecule has 1 aromatic carbocycles. The summed E-state index contributed by atoms with van der Waals surface area (Å²) in [5, 5.41) is 9.46. The fourth-order valence-corrected chi connectivity index (χ4v) is 1.29. The molecule has 0 spiro atoms. The molecule has 0 aliphatic carbocycles. The van der Waals surface area contributed by atoms with Crippen LogP contribution in [0.25, 0.3) is 0 Å². The summed E-state index contributed by atoms with van der Waals surface area (Å²) in [6.45, 7) is 5.48. The van der Waals surface area contributed by atoms with Crippen LogP contribution >= 0.6 is 0 Å². The Labute approximate surface area is 78.7 Å². The molecule has 0 heterocycles. The van der Waals surface area contributed by atoms with Crippen LogP contribution in [0.15, 0.2) is 36.9 Å². The van der Waals surface area contributed by atoms with Crippen LogP contribution < -0.4 is 5.73 Å². The molecule has 1 rings (SSSR count). The molecule has 0 bridgehead atoms. The van der Waals surface area contributed by atoms with E-state index in [4.69, 9.17) is 5.73 Å². The van der Waals surface area contributed by atoms with E-state index >= 15 is 0 Å². The monoisotopic (exact) mass is 177 g/mol. The number of hydrogen-bond donors (Lipinski definition) is 2. The predicted octanol–water partition coefficient (Wildman–Crippen LogP) is 1.54. The zero-order valence-electron chi connectivity index (χ0n) is 7.77. The van der Waals surface area contributed by atoms with Crippen molar-refractivity contribution in [1.82, 2.24) is 0 Å². The van der Waals surface area contributed by atoms with Gasteiger partial charge in [-0.15, -0.1) is 6.58 Å². The van der Waals surface area contributed by atoms with E-state index in [1.165, 1.54) is 6.08 Å². The largest absolute Gasteiger partial charge is 0.387 e. The maximum atomic E-state index is 9.46. The molecule has 2 atom stereocenters. The quantitative estimate of drug-likeness (QED) is 0.688. The fourth-order valence-electron chi connectivity index (χ4n) is 1.29. The summed E-state index contributed by atoms with van der Waals surface area (Å²) in [5.74, 6) is 0. The summed E-state index contributed by atoms with van der Waals surface area (Å²) in [7, 11) is 0. The van der Waals surface area contributed by atoms with Crippen LogP contribution in [0.4, 0.5) is 0 Å². The standard InChI is InChI=1S/C11H15NO/c1-3-10(13)11(12)9-7-5-4-6-8(9)2/h3-7,10-11,13H,1,12H2,2H3/t10-,11+/m1/s1. The van der Waals surface area contributed by atoms with Crippen molar-refractivity contribution in [3.8, 4) is 0 Å². The van der Waals surface area contributed by atoms with Crippen LogP contribution in [-0.2, 0) is 0 Å². The van der Waals surface area contributed by atoms with Crippen LogP contribution in [-0.4, -0.2) is 11.2 Å². The summed E-state index contributed by atoms with van der Waals surface area (Å²) in [6.07, 6.45) is 0.776. The molecule has 0 aromatic heterocycles. The number of rotatable bonds is 3. The molecule has 0 aliphatic rings. The molecule has 3 N–H and O–H groups in total.